The lowest BCUT2D eigenvalue weighted by Gasteiger charge is -2.50. The Bertz CT molecular complexity index is 2290. The first-order valence-electron chi connectivity index (χ1n) is 21.8. The number of nitrogens with one attached hydrogen (secondary N) is 2. The molecule has 4 aromatic carbocycles. The van der Waals surface area contributed by atoms with Crippen molar-refractivity contribution in [3.63, 3.8) is 0 Å². The SMILES string of the molecule is CC(=O)O[C@H]1[C@@H](CC(=O)O)[C@@H](NC(=O)OCc2ccccc2)[C@H](O)[C@H](NC(=O)OCc2ccccc2)[C@H]1OC1O[C@H]([C@H](C)N(Cc2ccccc2)C(=O)OCc2ccccc2)CC[C@H]1N=[N+]=[N-]. The molecule has 2 aliphatic rings. The Balaban J connectivity index is 1.32. The first-order valence-corrected chi connectivity index (χ1v) is 21.8. The summed E-state index contributed by atoms with van der Waals surface area (Å²) in [5.74, 6) is -3.70. The maximum Gasteiger partial charge on any atom is 0.410 e. The van der Waals surface area contributed by atoms with Crippen molar-refractivity contribution in [2.24, 2.45) is 11.0 Å². The lowest BCUT2D eigenvalue weighted by molar-refractivity contribution is -0.267. The van der Waals surface area contributed by atoms with Crippen LogP contribution in [0.1, 0.15) is 55.4 Å². The second-order valence-corrected chi connectivity index (χ2v) is 16.2. The van der Waals surface area contributed by atoms with Gasteiger partial charge in [0.2, 0.25) is 0 Å². The number of azide groups is 1. The summed E-state index contributed by atoms with van der Waals surface area (Å²) >= 11 is 0. The Hall–Kier alpha value is -7.18. The molecule has 1 heterocycles. The molecule has 4 N–H and O–H groups in total. The van der Waals surface area contributed by atoms with Gasteiger partial charge in [-0.15, -0.1) is 0 Å². The van der Waals surface area contributed by atoms with Crippen LogP contribution in [-0.2, 0) is 64.4 Å². The lowest BCUT2D eigenvalue weighted by atomic mass is 9.73. The molecular formula is C48H54N6O13. The number of aliphatic hydroxyl groups is 1. The van der Waals surface area contributed by atoms with Gasteiger partial charge in [0.1, 0.15) is 32.0 Å². The van der Waals surface area contributed by atoms with Gasteiger partial charge in [-0.25, -0.2) is 14.4 Å². The number of carbonyl (C=O) groups is 5. The van der Waals surface area contributed by atoms with E-state index in [9.17, 15) is 39.7 Å². The Morgan fingerprint density at radius 3 is 1.73 bits per heavy atom. The highest BCUT2D eigenvalue weighted by molar-refractivity contribution is 5.71. The maximum absolute atomic E-state index is 13.9. The van der Waals surface area contributed by atoms with Crippen molar-refractivity contribution in [2.75, 3.05) is 0 Å². The fraction of sp³-hybridized carbons (Fsp3) is 0.396. The molecule has 2 fully saturated rings. The fourth-order valence-corrected chi connectivity index (χ4v) is 8.21. The van der Waals surface area contributed by atoms with Crippen LogP contribution in [0.5, 0.6) is 0 Å². The van der Waals surface area contributed by atoms with Crippen LogP contribution in [0, 0.1) is 5.92 Å². The molecule has 0 spiro atoms. The summed E-state index contributed by atoms with van der Waals surface area (Å²) in [6.45, 7) is 2.58. The summed E-state index contributed by atoms with van der Waals surface area (Å²) in [6.07, 6.45) is -10.5. The average Bonchev–Trinajstić information content (AvgIpc) is 3.33. The van der Waals surface area contributed by atoms with Gasteiger partial charge < -0.3 is 49.3 Å². The van der Waals surface area contributed by atoms with E-state index in [1.165, 1.54) is 4.90 Å². The van der Waals surface area contributed by atoms with E-state index in [0.717, 1.165) is 18.1 Å². The minimum absolute atomic E-state index is 0.00424. The average molecular weight is 923 g/mol. The molecule has 1 unspecified atom stereocenters. The molecule has 19 nitrogen and oxygen atoms in total. The van der Waals surface area contributed by atoms with Gasteiger partial charge in [-0.2, -0.15) is 0 Å². The van der Waals surface area contributed by atoms with Crippen LogP contribution in [0.2, 0.25) is 0 Å². The van der Waals surface area contributed by atoms with Gasteiger partial charge >= 0.3 is 30.2 Å². The fourth-order valence-electron chi connectivity index (χ4n) is 8.21. The normalized spacial score (nSPS) is 23.8. The molecule has 67 heavy (non-hydrogen) atoms. The summed E-state index contributed by atoms with van der Waals surface area (Å²) in [5.41, 5.74) is 12.5. The standard InChI is InChI=1S/C48H54N6O13/c1-30(54(26-32-15-7-3-8-16-32)48(61)64-29-35-21-13-6-14-22-35)38-24-23-37(52-53-49)45(66-38)67-44-41(51-47(60)63-28-34-19-11-5-12-20-34)42(58)40(36(25-39(56)57)43(44)65-31(2)55)50-46(59)62-27-33-17-9-4-10-18-33/h3-22,30,36-38,40-45,58H,23-29H2,1-2H3,(H,50,59)(H,51,60)(H,56,57)/t30-,36-,37+,38-,40+,41-,42-,43-,44+,45?/m0/s1. The zero-order valence-corrected chi connectivity index (χ0v) is 36.9. The summed E-state index contributed by atoms with van der Waals surface area (Å²) in [7, 11) is 0. The van der Waals surface area contributed by atoms with Crippen molar-refractivity contribution in [3.8, 4) is 0 Å². The predicted molar refractivity (Wildman–Crippen MR) is 238 cm³/mol. The van der Waals surface area contributed by atoms with Gasteiger partial charge in [0.25, 0.3) is 0 Å². The smallest absolute Gasteiger partial charge is 0.410 e. The quantitative estimate of drug-likeness (QED) is 0.0264. The van der Waals surface area contributed by atoms with Gasteiger partial charge in [0.05, 0.1) is 42.8 Å². The van der Waals surface area contributed by atoms with Crippen molar-refractivity contribution in [3.05, 3.63) is 154 Å². The molecule has 1 saturated carbocycles. The third kappa shape index (κ3) is 14.2. The molecule has 0 aromatic heterocycles. The minimum atomic E-state index is -1.85. The van der Waals surface area contributed by atoms with Crippen LogP contribution in [0.25, 0.3) is 10.4 Å². The Kier molecular flexibility index (Phi) is 17.9. The molecule has 10 atom stereocenters. The summed E-state index contributed by atoms with van der Waals surface area (Å²) < 4.78 is 35.7. The number of rotatable bonds is 18. The number of benzene rings is 4. The monoisotopic (exact) mass is 922 g/mol. The molecule has 0 bridgehead atoms. The molecule has 6 rings (SSSR count). The van der Waals surface area contributed by atoms with Crippen molar-refractivity contribution in [2.45, 2.75) is 114 Å². The third-order valence-corrected chi connectivity index (χ3v) is 11.5. The largest absolute Gasteiger partial charge is 0.481 e. The van der Waals surface area contributed by atoms with E-state index < -0.39 is 97.4 Å². The number of nitrogens with zero attached hydrogens (tertiary/aromatic N) is 4. The number of carboxylic acids is 1. The lowest BCUT2D eigenvalue weighted by Crippen LogP contribution is -2.72. The third-order valence-electron chi connectivity index (χ3n) is 11.5. The molecule has 1 saturated heterocycles. The van der Waals surface area contributed by atoms with Crippen LogP contribution in [0.3, 0.4) is 0 Å². The Morgan fingerprint density at radius 1 is 0.746 bits per heavy atom. The van der Waals surface area contributed by atoms with Gasteiger partial charge in [-0.1, -0.05) is 126 Å². The van der Waals surface area contributed by atoms with Gasteiger partial charge in [0.15, 0.2) is 6.29 Å². The van der Waals surface area contributed by atoms with E-state index in [1.807, 2.05) is 60.7 Å². The Morgan fingerprint density at radius 2 is 1.24 bits per heavy atom. The first kappa shape index (κ1) is 49.3. The van der Waals surface area contributed by atoms with E-state index in [2.05, 4.69) is 20.7 Å². The summed E-state index contributed by atoms with van der Waals surface area (Å²) in [5, 5.41) is 31.5. The highest BCUT2D eigenvalue weighted by atomic mass is 16.7. The van der Waals surface area contributed by atoms with Crippen molar-refractivity contribution in [1.29, 1.82) is 0 Å². The number of carbonyl (C=O) groups excluding carboxylic acids is 4. The van der Waals surface area contributed by atoms with Crippen molar-refractivity contribution >= 4 is 30.2 Å². The number of carboxylic acid groups (broad SMARTS) is 1. The number of hydrogen-bond donors (Lipinski definition) is 4. The number of alkyl carbamates (subject to hydrolysis) is 2. The number of aliphatic carboxylic acids is 1. The summed E-state index contributed by atoms with van der Waals surface area (Å²) in [6, 6.07) is 30.9. The number of esters is 1. The van der Waals surface area contributed by atoms with Crippen molar-refractivity contribution < 1.29 is 62.6 Å². The summed E-state index contributed by atoms with van der Waals surface area (Å²) in [4.78, 5) is 70.9. The van der Waals surface area contributed by atoms with Crippen LogP contribution in [0.15, 0.2) is 126 Å². The number of aliphatic hydroxyl groups excluding tert-OH is 1. The molecular weight excluding hydrogens is 869 g/mol. The zero-order chi connectivity index (χ0) is 47.7. The number of ether oxygens (including phenoxy) is 6. The van der Waals surface area contributed by atoms with Crippen LogP contribution in [-0.4, -0.2) is 100 Å². The van der Waals surface area contributed by atoms with Gasteiger partial charge in [-0.3, -0.25) is 14.5 Å². The molecule has 19 heteroatoms. The molecule has 0 radical (unpaired) electrons. The van der Waals surface area contributed by atoms with Gasteiger partial charge in [0, 0.05) is 24.3 Å². The molecule has 1 aliphatic heterocycles. The van der Waals surface area contributed by atoms with Crippen LogP contribution in [0.4, 0.5) is 14.4 Å². The van der Waals surface area contributed by atoms with E-state index in [-0.39, 0.29) is 39.2 Å². The van der Waals surface area contributed by atoms with Gasteiger partial charge in [-0.05, 0) is 47.6 Å². The van der Waals surface area contributed by atoms with E-state index >= 15 is 0 Å². The molecule has 3 amide bonds. The van der Waals surface area contributed by atoms with Crippen LogP contribution < -0.4 is 10.6 Å². The van der Waals surface area contributed by atoms with E-state index in [0.29, 0.717) is 11.1 Å². The number of amides is 3. The highest BCUT2D eigenvalue weighted by Crippen LogP contribution is 2.37. The van der Waals surface area contributed by atoms with Crippen LogP contribution >= 0.6 is 0 Å². The highest BCUT2D eigenvalue weighted by Gasteiger charge is 2.56. The minimum Gasteiger partial charge on any atom is -0.481 e. The predicted octanol–water partition coefficient (Wildman–Crippen LogP) is 6.77. The first-order chi connectivity index (χ1) is 32.4. The second kappa shape index (κ2) is 24.4. The van der Waals surface area contributed by atoms with E-state index in [4.69, 9.17) is 28.4 Å². The van der Waals surface area contributed by atoms with Crippen molar-refractivity contribution in [1.82, 2.24) is 15.5 Å². The molecule has 354 valence electrons. The Labute approximate surface area is 386 Å². The molecule has 1 aliphatic carbocycles. The molecule has 4 aromatic rings. The number of hydrogen-bond acceptors (Lipinski definition) is 13. The topological polar surface area (TPSA) is 257 Å². The second-order valence-electron chi connectivity index (χ2n) is 16.2. The maximum atomic E-state index is 13.9. The van der Waals surface area contributed by atoms with E-state index in [1.54, 1.807) is 67.6 Å². The zero-order valence-electron chi connectivity index (χ0n) is 36.9.